The molecule has 3 heteroatoms. The van der Waals surface area contributed by atoms with Crippen molar-refractivity contribution in [2.75, 3.05) is 11.9 Å². The summed E-state index contributed by atoms with van der Waals surface area (Å²) in [5.41, 5.74) is 4.20. The van der Waals surface area contributed by atoms with Crippen molar-refractivity contribution in [2.45, 2.75) is 27.0 Å². The second kappa shape index (κ2) is 7.06. The van der Waals surface area contributed by atoms with Gasteiger partial charge in [0.1, 0.15) is 5.82 Å². The van der Waals surface area contributed by atoms with Gasteiger partial charge in [0.2, 0.25) is 0 Å². The van der Waals surface area contributed by atoms with Crippen molar-refractivity contribution < 1.29 is 9.13 Å². The fourth-order valence-electron chi connectivity index (χ4n) is 2.05. The zero-order chi connectivity index (χ0) is 14.4. The fourth-order valence-corrected chi connectivity index (χ4v) is 2.05. The molecule has 0 atom stereocenters. The van der Waals surface area contributed by atoms with E-state index in [1.807, 2.05) is 38.1 Å². The lowest BCUT2D eigenvalue weighted by molar-refractivity contribution is 0.134. The van der Waals surface area contributed by atoms with Crippen LogP contribution in [0.1, 0.15) is 23.6 Å². The Morgan fingerprint density at radius 3 is 2.70 bits per heavy atom. The molecule has 2 aromatic carbocycles. The van der Waals surface area contributed by atoms with Gasteiger partial charge < -0.3 is 10.1 Å². The molecule has 2 nitrogen and oxygen atoms in total. The Morgan fingerprint density at radius 1 is 1.10 bits per heavy atom. The first-order valence-electron chi connectivity index (χ1n) is 6.85. The third-order valence-electron chi connectivity index (χ3n) is 3.26. The lowest BCUT2D eigenvalue weighted by Crippen LogP contribution is -2.05. The third-order valence-corrected chi connectivity index (χ3v) is 3.26. The van der Waals surface area contributed by atoms with Crippen molar-refractivity contribution in [2.24, 2.45) is 0 Å². The minimum absolute atomic E-state index is 0.199. The summed E-state index contributed by atoms with van der Waals surface area (Å²) >= 11 is 0. The molecule has 0 saturated heterocycles. The smallest absolute Gasteiger partial charge is 0.123 e. The van der Waals surface area contributed by atoms with Crippen molar-refractivity contribution >= 4 is 5.69 Å². The van der Waals surface area contributed by atoms with Crippen LogP contribution in [0.2, 0.25) is 0 Å². The average Bonchev–Trinajstić information content (AvgIpc) is 2.47. The molecule has 0 amide bonds. The van der Waals surface area contributed by atoms with E-state index < -0.39 is 0 Å². The number of benzene rings is 2. The first kappa shape index (κ1) is 14.5. The van der Waals surface area contributed by atoms with E-state index in [1.54, 1.807) is 12.1 Å². The van der Waals surface area contributed by atoms with Crippen LogP contribution >= 0.6 is 0 Å². The van der Waals surface area contributed by atoms with Gasteiger partial charge in [-0.15, -0.1) is 0 Å². The van der Waals surface area contributed by atoms with Gasteiger partial charge in [-0.3, -0.25) is 0 Å². The number of anilines is 1. The summed E-state index contributed by atoms with van der Waals surface area (Å²) < 4.78 is 18.7. The van der Waals surface area contributed by atoms with Crippen LogP contribution in [-0.2, 0) is 17.9 Å². The van der Waals surface area contributed by atoms with Gasteiger partial charge in [0.05, 0.1) is 6.61 Å². The zero-order valence-corrected chi connectivity index (χ0v) is 11.9. The van der Waals surface area contributed by atoms with Gasteiger partial charge in [-0.25, -0.2) is 4.39 Å². The molecule has 0 unspecified atom stereocenters. The molecule has 0 radical (unpaired) electrons. The summed E-state index contributed by atoms with van der Waals surface area (Å²) in [6.45, 7) is 5.85. The van der Waals surface area contributed by atoms with Crippen LogP contribution in [0.3, 0.4) is 0 Å². The molecule has 0 aliphatic heterocycles. The summed E-state index contributed by atoms with van der Waals surface area (Å²) in [5.74, 6) is -0.199. The normalized spacial score (nSPS) is 10.6. The molecule has 2 rings (SSSR count). The molecule has 1 N–H and O–H groups in total. The molecular formula is C17H20FNO. The first-order valence-corrected chi connectivity index (χ1v) is 6.85. The molecule has 0 bridgehead atoms. The molecule has 0 aliphatic carbocycles. The summed E-state index contributed by atoms with van der Waals surface area (Å²) in [7, 11) is 0. The highest BCUT2D eigenvalue weighted by Crippen LogP contribution is 2.18. The minimum atomic E-state index is -0.199. The molecule has 0 heterocycles. The second-order valence-electron chi connectivity index (χ2n) is 4.72. The van der Waals surface area contributed by atoms with Crippen LogP contribution < -0.4 is 5.32 Å². The van der Waals surface area contributed by atoms with E-state index in [1.165, 1.54) is 6.07 Å². The highest BCUT2D eigenvalue weighted by molar-refractivity contribution is 5.51. The quantitative estimate of drug-likeness (QED) is 0.848. The second-order valence-corrected chi connectivity index (χ2v) is 4.72. The molecule has 0 aliphatic rings. The maximum Gasteiger partial charge on any atom is 0.123 e. The van der Waals surface area contributed by atoms with E-state index in [2.05, 4.69) is 5.32 Å². The Balaban J connectivity index is 2.08. The molecule has 2 aromatic rings. The highest BCUT2D eigenvalue weighted by Gasteiger charge is 2.04. The standard InChI is InChI=1S/C17H20FNO/c1-3-20-12-14-6-4-5-7-17(14)19-11-15-10-16(18)9-8-13(15)2/h4-10,19H,3,11-12H2,1-2H3. The van der Waals surface area contributed by atoms with Crippen molar-refractivity contribution in [3.8, 4) is 0 Å². The maximum atomic E-state index is 13.3. The van der Waals surface area contributed by atoms with E-state index >= 15 is 0 Å². The van der Waals surface area contributed by atoms with Gasteiger partial charge in [-0.1, -0.05) is 24.3 Å². The zero-order valence-electron chi connectivity index (χ0n) is 11.9. The number of hydrogen-bond donors (Lipinski definition) is 1. The summed E-state index contributed by atoms with van der Waals surface area (Å²) in [6, 6.07) is 12.9. The van der Waals surface area contributed by atoms with Gasteiger partial charge in [0.15, 0.2) is 0 Å². The van der Waals surface area contributed by atoms with E-state index in [-0.39, 0.29) is 5.82 Å². The fraction of sp³-hybridized carbons (Fsp3) is 0.294. The summed E-state index contributed by atoms with van der Waals surface area (Å²) in [6.07, 6.45) is 0. The van der Waals surface area contributed by atoms with Crippen molar-refractivity contribution in [3.05, 3.63) is 65.0 Å². The van der Waals surface area contributed by atoms with Gasteiger partial charge in [-0.05, 0) is 43.2 Å². The Hall–Kier alpha value is -1.87. The number of hydrogen-bond acceptors (Lipinski definition) is 2. The monoisotopic (exact) mass is 273 g/mol. The predicted octanol–water partition coefficient (Wildman–Crippen LogP) is 4.28. The largest absolute Gasteiger partial charge is 0.381 e. The van der Waals surface area contributed by atoms with Crippen LogP contribution in [0.5, 0.6) is 0 Å². The molecule has 106 valence electrons. The number of aryl methyl sites for hydroxylation is 1. The molecule has 0 aromatic heterocycles. The lowest BCUT2D eigenvalue weighted by atomic mass is 10.1. The van der Waals surface area contributed by atoms with Crippen LogP contribution in [0.25, 0.3) is 0 Å². The highest BCUT2D eigenvalue weighted by atomic mass is 19.1. The molecule has 0 spiro atoms. The van der Waals surface area contributed by atoms with Crippen molar-refractivity contribution in [1.82, 2.24) is 0 Å². The van der Waals surface area contributed by atoms with Crippen LogP contribution in [0.4, 0.5) is 10.1 Å². The minimum Gasteiger partial charge on any atom is -0.381 e. The molecular weight excluding hydrogens is 253 g/mol. The topological polar surface area (TPSA) is 21.3 Å². The van der Waals surface area contributed by atoms with Gasteiger partial charge in [-0.2, -0.15) is 0 Å². The van der Waals surface area contributed by atoms with Crippen molar-refractivity contribution in [3.63, 3.8) is 0 Å². The molecule has 0 fully saturated rings. The number of halogens is 1. The van der Waals surface area contributed by atoms with Crippen LogP contribution in [0.15, 0.2) is 42.5 Å². The van der Waals surface area contributed by atoms with Crippen LogP contribution in [-0.4, -0.2) is 6.61 Å². The van der Waals surface area contributed by atoms with E-state index in [9.17, 15) is 4.39 Å². The maximum absolute atomic E-state index is 13.3. The number of rotatable bonds is 6. The van der Waals surface area contributed by atoms with Gasteiger partial charge in [0.25, 0.3) is 0 Å². The Labute approximate surface area is 119 Å². The van der Waals surface area contributed by atoms with Crippen LogP contribution in [0, 0.1) is 12.7 Å². The van der Waals surface area contributed by atoms with Crippen molar-refractivity contribution in [1.29, 1.82) is 0 Å². The molecule has 20 heavy (non-hydrogen) atoms. The Morgan fingerprint density at radius 2 is 1.90 bits per heavy atom. The summed E-state index contributed by atoms with van der Waals surface area (Å²) in [4.78, 5) is 0. The van der Waals surface area contributed by atoms with Gasteiger partial charge in [0, 0.05) is 24.4 Å². The number of nitrogens with one attached hydrogen (secondary N) is 1. The van der Waals surface area contributed by atoms with E-state index in [4.69, 9.17) is 4.74 Å². The lowest BCUT2D eigenvalue weighted by Gasteiger charge is -2.13. The Kier molecular flexibility index (Phi) is 5.13. The number of para-hydroxylation sites is 1. The third kappa shape index (κ3) is 3.81. The average molecular weight is 273 g/mol. The van der Waals surface area contributed by atoms with E-state index in [0.29, 0.717) is 19.8 Å². The first-order chi connectivity index (χ1) is 9.70. The predicted molar refractivity (Wildman–Crippen MR) is 80.2 cm³/mol. The SMILES string of the molecule is CCOCc1ccccc1NCc1cc(F)ccc1C. The van der Waals surface area contributed by atoms with Gasteiger partial charge >= 0.3 is 0 Å². The van der Waals surface area contributed by atoms with E-state index in [0.717, 1.165) is 22.4 Å². The Bertz CT molecular complexity index is 569. The summed E-state index contributed by atoms with van der Waals surface area (Å²) in [5, 5.41) is 3.36. The number of ether oxygens (including phenoxy) is 1. The molecule has 0 saturated carbocycles.